The van der Waals surface area contributed by atoms with Gasteiger partial charge in [-0.2, -0.15) is 0 Å². The SMILES string of the molecule is CC(=O)O[C@@H]1C[C@H]2C(C)(C)O[C@H]3CC(=O)C[C@]32[C@H]2[C@@H](O)[C@H](OC(C)=O)[C@@]3(C)[C@H](c4ccoc4)C[C@H]4O[C@@]43[C@@]21C. The number of ketones is 1. The Hall–Kier alpha value is -2.23. The molecule has 1 aromatic rings. The van der Waals surface area contributed by atoms with Gasteiger partial charge in [-0.1, -0.05) is 13.8 Å². The van der Waals surface area contributed by atoms with Gasteiger partial charge in [0, 0.05) is 54.8 Å². The molecule has 0 radical (unpaired) electrons. The number of ether oxygens (including phenoxy) is 4. The average molecular weight is 543 g/mol. The molecule has 9 nitrogen and oxygen atoms in total. The van der Waals surface area contributed by atoms with E-state index in [4.69, 9.17) is 23.4 Å². The summed E-state index contributed by atoms with van der Waals surface area (Å²) in [7, 11) is 0. The molecule has 3 heterocycles. The number of aliphatic hydroxyl groups excluding tert-OH is 1. The Morgan fingerprint density at radius 3 is 2.36 bits per heavy atom. The molecule has 1 aromatic heterocycles. The highest BCUT2D eigenvalue weighted by Crippen LogP contribution is 2.84. The first-order valence-electron chi connectivity index (χ1n) is 14.2. The molecule has 1 N–H and O–H groups in total. The lowest BCUT2D eigenvalue weighted by Crippen LogP contribution is -2.77. The minimum atomic E-state index is -1.14. The summed E-state index contributed by atoms with van der Waals surface area (Å²) in [6.45, 7) is 10.9. The highest BCUT2D eigenvalue weighted by molar-refractivity contribution is 5.83. The molecule has 6 aliphatic rings. The standard InChI is InChI=1S/C30H38O9/c1-14(31)36-20-11-19-26(3,4)38-21-9-17(33)12-29(19,21)24-23(34)25(37-15(2)32)27(5)18(16-7-8-35-13-16)10-22-30(27,39-22)28(20,24)6/h7-8,13,18-25,34H,9-12H2,1-6H3/t18-,19-,20+,21-,22+,23+,24-,25-,27+,28+,29+,30-/m0/s1. The van der Waals surface area contributed by atoms with Crippen LogP contribution < -0.4 is 0 Å². The largest absolute Gasteiger partial charge is 0.472 e. The van der Waals surface area contributed by atoms with Crippen molar-refractivity contribution in [3.8, 4) is 0 Å². The normalized spacial score (nSPS) is 52.2. The zero-order valence-corrected chi connectivity index (χ0v) is 23.4. The van der Waals surface area contributed by atoms with E-state index in [1.165, 1.54) is 13.8 Å². The predicted molar refractivity (Wildman–Crippen MR) is 134 cm³/mol. The number of rotatable bonds is 3. The molecule has 39 heavy (non-hydrogen) atoms. The van der Waals surface area contributed by atoms with Crippen LogP contribution in [0.4, 0.5) is 0 Å². The lowest BCUT2D eigenvalue weighted by atomic mass is 9.36. The summed E-state index contributed by atoms with van der Waals surface area (Å²) in [6.07, 6.45) is 1.81. The summed E-state index contributed by atoms with van der Waals surface area (Å²) in [5.41, 5.74) is -2.95. The summed E-state index contributed by atoms with van der Waals surface area (Å²) < 4.78 is 31.1. The van der Waals surface area contributed by atoms with Gasteiger partial charge in [-0.3, -0.25) is 14.4 Å². The molecule has 212 valence electrons. The number of hydrogen-bond donors (Lipinski definition) is 1. The topological polar surface area (TPSA) is 125 Å². The van der Waals surface area contributed by atoms with Crippen molar-refractivity contribution in [1.82, 2.24) is 0 Å². The Morgan fingerprint density at radius 2 is 1.72 bits per heavy atom. The quantitative estimate of drug-likeness (QED) is 0.452. The van der Waals surface area contributed by atoms with E-state index in [-0.39, 0.29) is 42.7 Å². The zero-order chi connectivity index (χ0) is 27.9. The van der Waals surface area contributed by atoms with E-state index in [0.717, 1.165) is 5.56 Å². The second-order valence-electron chi connectivity index (χ2n) is 13.9. The third-order valence-corrected chi connectivity index (χ3v) is 12.1. The van der Waals surface area contributed by atoms with Crippen molar-refractivity contribution in [2.45, 2.75) is 115 Å². The number of hydrogen-bond acceptors (Lipinski definition) is 9. The van der Waals surface area contributed by atoms with Crippen LogP contribution in [0.15, 0.2) is 23.0 Å². The van der Waals surface area contributed by atoms with Crippen LogP contribution in [-0.2, 0) is 33.3 Å². The molecule has 9 heteroatoms. The number of Topliss-reactive ketones (excluding diaryl/α,β-unsaturated/α-hetero) is 1. The summed E-state index contributed by atoms with van der Waals surface area (Å²) >= 11 is 0. The molecule has 0 aromatic carbocycles. The minimum absolute atomic E-state index is 0.104. The maximum Gasteiger partial charge on any atom is 0.303 e. The van der Waals surface area contributed by atoms with E-state index in [2.05, 4.69) is 6.92 Å². The molecular formula is C30H38O9. The van der Waals surface area contributed by atoms with Crippen molar-refractivity contribution in [2.24, 2.45) is 28.1 Å². The molecule has 2 spiro atoms. The maximum absolute atomic E-state index is 13.1. The number of carbonyl (C=O) groups excluding carboxylic acids is 3. The van der Waals surface area contributed by atoms with Crippen molar-refractivity contribution in [3.05, 3.63) is 24.2 Å². The van der Waals surface area contributed by atoms with Crippen molar-refractivity contribution in [2.75, 3.05) is 0 Å². The smallest absolute Gasteiger partial charge is 0.303 e. The van der Waals surface area contributed by atoms with Crippen LogP contribution in [0.3, 0.4) is 0 Å². The fraction of sp³-hybridized carbons (Fsp3) is 0.767. The maximum atomic E-state index is 13.1. The minimum Gasteiger partial charge on any atom is -0.472 e. The first-order valence-corrected chi connectivity index (χ1v) is 14.2. The molecule has 4 aliphatic carbocycles. The van der Waals surface area contributed by atoms with Crippen LogP contribution >= 0.6 is 0 Å². The van der Waals surface area contributed by atoms with E-state index in [1.807, 2.05) is 26.8 Å². The average Bonchev–Trinajstić information content (AvgIpc) is 3.08. The van der Waals surface area contributed by atoms with E-state index in [9.17, 15) is 19.5 Å². The monoisotopic (exact) mass is 542 g/mol. The van der Waals surface area contributed by atoms with Crippen LogP contribution in [0.2, 0.25) is 0 Å². The highest BCUT2D eigenvalue weighted by atomic mass is 16.6. The van der Waals surface area contributed by atoms with Gasteiger partial charge in [0.1, 0.15) is 23.6 Å². The summed E-state index contributed by atoms with van der Waals surface area (Å²) in [6, 6.07) is 1.91. The first kappa shape index (κ1) is 25.7. The molecule has 0 unspecified atom stereocenters. The fourth-order valence-electron chi connectivity index (χ4n) is 11.2. The molecular weight excluding hydrogens is 504 g/mol. The van der Waals surface area contributed by atoms with E-state index >= 15 is 0 Å². The Kier molecular flexibility index (Phi) is 4.97. The number of esters is 2. The number of carbonyl (C=O) groups is 3. The van der Waals surface area contributed by atoms with Gasteiger partial charge < -0.3 is 28.5 Å². The van der Waals surface area contributed by atoms with Crippen molar-refractivity contribution < 1.29 is 42.9 Å². The van der Waals surface area contributed by atoms with Gasteiger partial charge in [-0.05, 0) is 44.2 Å². The number of epoxide rings is 1. The van der Waals surface area contributed by atoms with Gasteiger partial charge in [0.25, 0.3) is 0 Å². The summed E-state index contributed by atoms with van der Waals surface area (Å²) in [4.78, 5) is 38.4. The Morgan fingerprint density at radius 1 is 1.00 bits per heavy atom. The Balaban J connectivity index is 1.49. The molecule has 0 bridgehead atoms. The molecule has 0 amide bonds. The van der Waals surface area contributed by atoms with Crippen LogP contribution in [0.25, 0.3) is 0 Å². The van der Waals surface area contributed by atoms with Gasteiger partial charge >= 0.3 is 11.9 Å². The number of aliphatic hydroxyl groups is 1. The number of furan rings is 1. The fourth-order valence-corrected chi connectivity index (χ4v) is 11.2. The summed E-state index contributed by atoms with van der Waals surface area (Å²) in [5.74, 6) is -1.64. The van der Waals surface area contributed by atoms with E-state index < -0.39 is 63.6 Å². The molecule has 7 rings (SSSR count). The van der Waals surface area contributed by atoms with Crippen molar-refractivity contribution in [3.63, 3.8) is 0 Å². The van der Waals surface area contributed by atoms with Gasteiger partial charge in [-0.25, -0.2) is 0 Å². The van der Waals surface area contributed by atoms with Crippen LogP contribution in [-0.4, -0.2) is 64.6 Å². The lowest BCUT2D eigenvalue weighted by Gasteiger charge is -2.68. The van der Waals surface area contributed by atoms with Crippen LogP contribution in [0, 0.1) is 28.1 Å². The van der Waals surface area contributed by atoms with Crippen molar-refractivity contribution >= 4 is 17.7 Å². The van der Waals surface area contributed by atoms with E-state index in [0.29, 0.717) is 12.8 Å². The van der Waals surface area contributed by atoms with E-state index in [1.54, 1.807) is 12.5 Å². The molecule has 6 fully saturated rings. The Bertz CT molecular complexity index is 1250. The van der Waals surface area contributed by atoms with Gasteiger partial charge in [0.15, 0.2) is 0 Å². The summed E-state index contributed by atoms with van der Waals surface area (Å²) in [5, 5.41) is 12.6. The highest BCUT2D eigenvalue weighted by Gasteiger charge is 2.92. The van der Waals surface area contributed by atoms with Crippen LogP contribution in [0.1, 0.15) is 78.7 Å². The van der Waals surface area contributed by atoms with Crippen molar-refractivity contribution in [1.29, 1.82) is 0 Å². The van der Waals surface area contributed by atoms with Crippen LogP contribution in [0.5, 0.6) is 0 Å². The molecule has 2 aliphatic heterocycles. The van der Waals surface area contributed by atoms with Gasteiger partial charge in [0.05, 0.1) is 36.4 Å². The van der Waals surface area contributed by atoms with Gasteiger partial charge in [0.2, 0.25) is 0 Å². The molecule has 12 atom stereocenters. The Labute approximate surface area is 227 Å². The zero-order valence-electron chi connectivity index (χ0n) is 23.4. The van der Waals surface area contributed by atoms with Gasteiger partial charge in [-0.15, -0.1) is 0 Å². The molecule has 4 saturated carbocycles. The second-order valence-corrected chi connectivity index (χ2v) is 13.9. The lowest BCUT2D eigenvalue weighted by molar-refractivity contribution is -0.295. The third-order valence-electron chi connectivity index (χ3n) is 12.1. The predicted octanol–water partition coefficient (Wildman–Crippen LogP) is 3.32. The third kappa shape index (κ3) is 2.75. The first-order chi connectivity index (χ1) is 18.2. The number of fused-ring (bicyclic) bond motifs is 1. The second kappa shape index (κ2) is 7.53. The molecule has 2 saturated heterocycles.